The fraction of sp³-hybridized carbons (Fsp3) is 0.500. The van der Waals surface area contributed by atoms with Crippen LogP contribution >= 0.6 is 11.3 Å². The molecule has 0 saturated heterocycles. The second-order valence-corrected chi connectivity index (χ2v) is 5.72. The van der Waals surface area contributed by atoms with Crippen molar-refractivity contribution < 1.29 is 9.53 Å². The number of thiazole rings is 1. The fourth-order valence-electron chi connectivity index (χ4n) is 1.97. The molecule has 0 bridgehead atoms. The van der Waals surface area contributed by atoms with Crippen molar-refractivity contribution in [3.8, 4) is 0 Å². The van der Waals surface area contributed by atoms with E-state index in [1.54, 1.807) is 19.6 Å². The number of aryl methyl sites for hydroxylation is 1. The minimum Gasteiger partial charge on any atom is -0.383 e. The van der Waals surface area contributed by atoms with Crippen LogP contribution in [0.25, 0.3) is 0 Å². The van der Waals surface area contributed by atoms with Crippen molar-refractivity contribution in [1.82, 2.24) is 19.9 Å². The van der Waals surface area contributed by atoms with Gasteiger partial charge in [0.1, 0.15) is 4.88 Å². The van der Waals surface area contributed by atoms with Gasteiger partial charge in [0.2, 0.25) is 0 Å². The fourth-order valence-corrected chi connectivity index (χ4v) is 2.92. The average Bonchev–Trinajstić information content (AvgIpc) is 3.09. The standard InChI is InChI=1S/C14H21N5O2S/c1-4-16-14-18-10(2)12(22-14)13(20)17-8-11-7-15-9-19(11)5-6-21-3/h7,9H,4-6,8H2,1-3H3,(H,16,18)(H,17,20). The van der Waals surface area contributed by atoms with Crippen LogP contribution in [-0.4, -0.2) is 40.7 Å². The van der Waals surface area contributed by atoms with Crippen molar-refractivity contribution in [2.75, 3.05) is 25.6 Å². The monoisotopic (exact) mass is 323 g/mol. The summed E-state index contributed by atoms with van der Waals surface area (Å²) in [4.78, 5) is 21.4. The average molecular weight is 323 g/mol. The van der Waals surface area contributed by atoms with Gasteiger partial charge in [0.05, 0.1) is 30.9 Å². The smallest absolute Gasteiger partial charge is 0.263 e. The Balaban J connectivity index is 1.96. The van der Waals surface area contributed by atoms with Crippen LogP contribution < -0.4 is 10.6 Å². The highest BCUT2D eigenvalue weighted by molar-refractivity contribution is 7.17. The third-order valence-corrected chi connectivity index (χ3v) is 4.21. The summed E-state index contributed by atoms with van der Waals surface area (Å²) in [5.74, 6) is -0.112. The molecule has 2 aromatic heterocycles. The van der Waals surface area contributed by atoms with E-state index in [4.69, 9.17) is 4.74 Å². The first-order valence-corrected chi connectivity index (χ1v) is 7.94. The van der Waals surface area contributed by atoms with Crippen LogP contribution in [0, 0.1) is 6.92 Å². The van der Waals surface area contributed by atoms with Crippen LogP contribution in [0.2, 0.25) is 0 Å². The number of aromatic nitrogens is 3. The molecule has 2 aromatic rings. The van der Waals surface area contributed by atoms with Crippen LogP contribution in [-0.2, 0) is 17.8 Å². The number of nitrogens with zero attached hydrogens (tertiary/aromatic N) is 3. The zero-order valence-corrected chi connectivity index (χ0v) is 13.9. The number of nitrogens with one attached hydrogen (secondary N) is 2. The number of imidazole rings is 1. The van der Waals surface area contributed by atoms with Crippen LogP contribution in [0.1, 0.15) is 28.0 Å². The van der Waals surface area contributed by atoms with E-state index in [1.807, 2.05) is 18.4 Å². The molecule has 0 atom stereocenters. The van der Waals surface area contributed by atoms with E-state index in [1.165, 1.54) is 11.3 Å². The maximum absolute atomic E-state index is 12.3. The van der Waals surface area contributed by atoms with Crippen molar-refractivity contribution in [2.24, 2.45) is 0 Å². The maximum atomic E-state index is 12.3. The SMILES string of the molecule is CCNc1nc(C)c(C(=O)NCc2cncn2CCOC)s1. The van der Waals surface area contributed by atoms with Crippen LogP contribution in [0.3, 0.4) is 0 Å². The molecular formula is C14H21N5O2S. The first-order chi connectivity index (χ1) is 10.7. The van der Waals surface area contributed by atoms with Gasteiger partial charge in [0, 0.05) is 26.4 Å². The summed E-state index contributed by atoms with van der Waals surface area (Å²) in [6.45, 7) is 6.37. The summed E-state index contributed by atoms with van der Waals surface area (Å²) in [7, 11) is 1.66. The predicted octanol–water partition coefficient (Wildman–Crippen LogP) is 1.66. The molecule has 2 heterocycles. The van der Waals surface area contributed by atoms with Crippen LogP contribution in [0.15, 0.2) is 12.5 Å². The van der Waals surface area contributed by atoms with E-state index in [0.29, 0.717) is 24.6 Å². The van der Waals surface area contributed by atoms with Crippen LogP contribution in [0.5, 0.6) is 0 Å². The lowest BCUT2D eigenvalue weighted by Gasteiger charge is -2.08. The molecule has 0 aliphatic carbocycles. The van der Waals surface area contributed by atoms with Crippen molar-refractivity contribution in [3.63, 3.8) is 0 Å². The molecule has 7 nitrogen and oxygen atoms in total. The van der Waals surface area contributed by atoms with Crippen molar-refractivity contribution in [3.05, 3.63) is 28.8 Å². The number of carbonyl (C=O) groups excluding carboxylic acids is 1. The van der Waals surface area contributed by atoms with Crippen LogP contribution in [0.4, 0.5) is 5.13 Å². The largest absolute Gasteiger partial charge is 0.383 e. The molecule has 0 aromatic carbocycles. The zero-order chi connectivity index (χ0) is 15.9. The normalized spacial score (nSPS) is 10.7. The van der Waals surface area contributed by atoms with E-state index in [-0.39, 0.29) is 5.91 Å². The first kappa shape index (κ1) is 16.4. The maximum Gasteiger partial charge on any atom is 0.263 e. The number of hydrogen-bond acceptors (Lipinski definition) is 6. The summed E-state index contributed by atoms with van der Waals surface area (Å²) >= 11 is 1.37. The van der Waals surface area contributed by atoms with Gasteiger partial charge in [-0.05, 0) is 13.8 Å². The van der Waals surface area contributed by atoms with Gasteiger partial charge in [0.25, 0.3) is 5.91 Å². The molecule has 120 valence electrons. The second kappa shape index (κ2) is 7.90. The molecule has 0 saturated carbocycles. The number of ether oxygens (including phenoxy) is 1. The Morgan fingerprint density at radius 2 is 2.32 bits per heavy atom. The lowest BCUT2D eigenvalue weighted by atomic mass is 10.3. The van der Waals surface area contributed by atoms with Gasteiger partial charge in [-0.1, -0.05) is 11.3 Å². The van der Waals surface area contributed by atoms with Gasteiger partial charge in [-0.3, -0.25) is 4.79 Å². The molecule has 0 fully saturated rings. The van der Waals surface area contributed by atoms with Gasteiger partial charge >= 0.3 is 0 Å². The Kier molecular flexibility index (Phi) is 5.91. The van der Waals surface area contributed by atoms with E-state index in [0.717, 1.165) is 23.1 Å². The summed E-state index contributed by atoms with van der Waals surface area (Å²) in [6.07, 6.45) is 3.49. The van der Waals surface area contributed by atoms with Gasteiger partial charge in [-0.15, -0.1) is 0 Å². The molecule has 0 aliphatic heterocycles. The summed E-state index contributed by atoms with van der Waals surface area (Å²) < 4.78 is 7.02. The number of methoxy groups -OCH3 is 1. The highest BCUT2D eigenvalue weighted by Crippen LogP contribution is 2.22. The quantitative estimate of drug-likeness (QED) is 0.772. The highest BCUT2D eigenvalue weighted by Gasteiger charge is 2.15. The minimum absolute atomic E-state index is 0.112. The zero-order valence-electron chi connectivity index (χ0n) is 13.0. The number of amides is 1. The molecule has 0 aliphatic rings. The van der Waals surface area contributed by atoms with Gasteiger partial charge in [-0.25, -0.2) is 9.97 Å². The number of carbonyl (C=O) groups is 1. The van der Waals surface area contributed by atoms with E-state index < -0.39 is 0 Å². The topological polar surface area (TPSA) is 81.1 Å². The molecule has 2 rings (SSSR count). The lowest BCUT2D eigenvalue weighted by Crippen LogP contribution is -2.24. The third kappa shape index (κ3) is 4.05. The first-order valence-electron chi connectivity index (χ1n) is 7.13. The Labute approximate surface area is 133 Å². The van der Waals surface area contributed by atoms with Crippen molar-refractivity contribution in [2.45, 2.75) is 26.9 Å². The summed E-state index contributed by atoms with van der Waals surface area (Å²) in [5, 5.41) is 6.81. The Morgan fingerprint density at radius 3 is 3.05 bits per heavy atom. The van der Waals surface area contributed by atoms with Crippen molar-refractivity contribution in [1.29, 1.82) is 0 Å². The molecule has 0 radical (unpaired) electrons. The highest BCUT2D eigenvalue weighted by atomic mass is 32.1. The van der Waals surface area contributed by atoms with E-state index in [2.05, 4.69) is 20.6 Å². The van der Waals surface area contributed by atoms with Crippen molar-refractivity contribution >= 4 is 22.4 Å². The van der Waals surface area contributed by atoms with Gasteiger partial charge in [-0.2, -0.15) is 0 Å². The number of anilines is 1. The minimum atomic E-state index is -0.112. The molecular weight excluding hydrogens is 302 g/mol. The predicted molar refractivity (Wildman–Crippen MR) is 86.3 cm³/mol. The molecule has 22 heavy (non-hydrogen) atoms. The van der Waals surface area contributed by atoms with Gasteiger partial charge < -0.3 is 19.9 Å². The molecule has 0 unspecified atom stereocenters. The molecule has 0 spiro atoms. The lowest BCUT2D eigenvalue weighted by molar-refractivity contribution is 0.0953. The third-order valence-electron chi connectivity index (χ3n) is 3.10. The van der Waals surface area contributed by atoms with E-state index >= 15 is 0 Å². The molecule has 8 heteroatoms. The number of rotatable bonds is 8. The molecule has 1 amide bonds. The summed E-state index contributed by atoms with van der Waals surface area (Å²) in [5.41, 5.74) is 1.69. The Morgan fingerprint density at radius 1 is 1.50 bits per heavy atom. The second-order valence-electron chi connectivity index (χ2n) is 4.72. The Hall–Kier alpha value is -1.93. The Bertz CT molecular complexity index is 623. The summed E-state index contributed by atoms with van der Waals surface area (Å²) in [6, 6.07) is 0. The van der Waals surface area contributed by atoms with Gasteiger partial charge in [0.15, 0.2) is 5.13 Å². The number of hydrogen-bond donors (Lipinski definition) is 2. The van der Waals surface area contributed by atoms with E-state index in [9.17, 15) is 4.79 Å². The molecule has 2 N–H and O–H groups in total.